The van der Waals surface area contributed by atoms with Gasteiger partial charge in [-0.3, -0.25) is 0 Å². The molecule has 0 heterocycles. The van der Waals surface area contributed by atoms with Gasteiger partial charge in [-0.15, -0.1) is 0 Å². The first-order valence-corrected chi connectivity index (χ1v) is 7.02. The van der Waals surface area contributed by atoms with E-state index in [4.69, 9.17) is 4.74 Å². The van der Waals surface area contributed by atoms with E-state index in [0.717, 1.165) is 32.0 Å². The molecule has 18 heavy (non-hydrogen) atoms. The summed E-state index contributed by atoms with van der Waals surface area (Å²) in [5.41, 5.74) is 5.77. The number of ether oxygens (including phenoxy) is 1. The Bertz CT molecular complexity index is 402. The minimum Gasteiger partial charge on any atom is -0.385 e. The van der Waals surface area contributed by atoms with E-state index in [1.807, 2.05) is 0 Å². The fourth-order valence-electron chi connectivity index (χ4n) is 2.33. The molecule has 0 saturated heterocycles. The van der Waals surface area contributed by atoms with Crippen LogP contribution in [0.25, 0.3) is 0 Å². The first-order chi connectivity index (χ1) is 8.70. The van der Waals surface area contributed by atoms with Crippen LogP contribution in [0, 0.1) is 6.92 Å². The zero-order chi connectivity index (χ0) is 13.0. The summed E-state index contributed by atoms with van der Waals surface area (Å²) >= 11 is 0. The van der Waals surface area contributed by atoms with Crippen molar-refractivity contribution >= 4 is 13.3 Å². The predicted molar refractivity (Wildman–Crippen MR) is 79.4 cm³/mol. The van der Waals surface area contributed by atoms with Crippen LogP contribution in [0.3, 0.4) is 0 Å². The zero-order valence-corrected chi connectivity index (χ0v) is 11.9. The lowest BCUT2D eigenvalue weighted by atomic mass is 9.85. The zero-order valence-electron chi connectivity index (χ0n) is 11.9. The van der Waals surface area contributed by atoms with Crippen LogP contribution in [-0.4, -0.2) is 27.6 Å². The number of hydrogen-bond acceptors (Lipinski definition) is 2. The van der Waals surface area contributed by atoms with Gasteiger partial charge in [0.15, 0.2) is 0 Å². The standard InChI is InChI=1S/C15H24BNO/c1-11-13(4-3-7-18-2)8-12(9-15(11)16)10-17-14-5-6-14/h8-9,14,17H,3-7,10,16H2,1-2H3. The second-order valence-corrected chi connectivity index (χ2v) is 5.45. The smallest absolute Gasteiger partial charge is 0.139 e. The van der Waals surface area contributed by atoms with Crippen LogP contribution in [0.4, 0.5) is 0 Å². The van der Waals surface area contributed by atoms with E-state index in [1.54, 1.807) is 7.11 Å². The molecule has 1 aromatic carbocycles. The summed E-state index contributed by atoms with van der Waals surface area (Å²) < 4.78 is 5.14. The van der Waals surface area contributed by atoms with E-state index >= 15 is 0 Å². The Kier molecular flexibility index (Phi) is 4.84. The van der Waals surface area contributed by atoms with Gasteiger partial charge < -0.3 is 10.1 Å². The van der Waals surface area contributed by atoms with Crippen LogP contribution in [0.1, 0.15) is 36.0 Å². The maximum Gasteiger partial charge on any atom is 0.139 e. The number of methoxy groups -OCH3 is 1. The number of aryl methyl sites for hydroxylation is 1. The molecular weight excluding hydrogens is 221 g/mol. The van der Waals surface area contributed by atoms with Crippen LogP contribution >= 0.6 is 0 Å². The molecule has 1 aromatic rings. The highest BCUT2D eigenvalue weighted by molar-refractivity contribution is 6.33. The van der Waals surface area contributed by atoms with E-state index < -0.39 is 0 Å². The predicted octanol–water partition coefficient (Wildman–Crippen LogP) is 1.08. The third-order valence-corrected chi connectivity index (χ3v) is 3.80. The molecule has 3 heteroatoms. The molecule has 0 spiro atoms. The van der Waals surface area contributed by atoms with Crippen LogP contribution in [0.15, 0.2) is 12.1 Å². The van der Waals surface area contributed by atoms with Gasteiger partial charge in [-0.1, -0.05) is 23.2 Å². The van der Waals surface area contributed by atoms with E-state index in [1.165, 1.54) is 35.0 Å². The van der Waals surface area contributed by atoms with Crippen molar-refractivity contribution in [3.63, 3.8) is 0 Å². The summed E-state index contributed by atoms with van der Waals surface area (Å²) in [6.45, 7) is 4.10. The quantitative estimate of drug-likeness (QED) is 0.573. The first-order valence-electron chi connectivity index (χ1n) is 7.02. The van der Waals surface area contributed by atoms with Gasteiger partial charge in [-0.25, -0.2) is 0 Å². The maximum atomic E-state index is 5.14. The molecule has 0 unspecified atom stereocenters. The fraction of sp³-hybridized carbons (Fsp3) is 0.600. The van der Waals surface area contributed by atoms with Crippen LogP contribution in [0.5, 0.6) is 0 Å². The van der Waals surface area contributed by atoms with Gasteiger partial charge in [0.25, 0.3) is 0 Å². The Labute approximate surface area is 112 Å². The number of hydrogen-bond donors (Lipinski definition) is 1. The van der Waals surface area contributed by atoms with Crippen molar-refractivity contribution in [2.24, 2.45) is 0 Å². The van der Waals surface area contributed by atoms with Gasteiger partial charge in [0.05, 0.1) is 0 Å². The monoisotopic (exact) mass is 245 g/mol. The molecule has 0 radical (unpaired) electrons. The molecule has 2 rings (SSSR count). The topological polar surface area (TPSA) is 21.3 Å². The minimum atomic E-state index is 0.781. The SMILES string of the molecule is Bc1cc(CNC2CC2)cc(CCCOC)c1C. The molecule has 0 aliphatic heterocycles. The maximum absolute atomic E-state index is 5.14. The van der Waals surface area contributed by atoms with Gasteiger partial charge >= 0.3 is 0 Å². The summed E-state index contributed by atoms with van der Waals surface area (Å²) in [6.07, 6.45) is 4.94. The van der Waals surface area contributed by atoms with E-state index in [2.05, 4.69) is 32.2 Å². The Morgan fingerprint density at radius 1 is 1.39 bits per heavy atom. The van der Waals surface area contributed by atoms with Crippen LogP contribution in [0.2, 0.25) is 0 Å². The Hall–Kier alpha value is -0.795. The Morgan fingerprint density at radius 3 is 2.83 bits per heavy atom. The van der Waals surface area contributed by atoms with Crippen molar-refractivity contribution in [2.75, 3.05) is 13.7 Å². The van der Waals surface area contributed by atoms with Gasteiger partial charge in [0, 0.05) is 26.3 Å². The van der Waals surface area contributed by atoms with Crippen molar-refractivity contribution in [3.8, 4) is 0 Å². The first kappa shape index (κ1) is 13.6. The molecule has 1 fully saturated rings. The van der Waals surface area contributed by atoms with E-state index in [-0.39, 0.29) is 0 Å². The Balaban J connectivity index is 2.00. The third kappa shape index (κ3) is 3.86. The number of benzene rings is 1. The molecule has 0 aromatic heterocycles. The average molecular weight is 245 g/mol. The summed E-state index contributed by atoms with van der Waals surface area (Å²) in [5, 5.41) is 3.59. The normalized spacial score (nSPS) is 15.0. The summed E-state index contributed by atoms with van der Waals surface area (Å²) in [4.78, 5) is 0. The van der Waals surface area contributed by atoms with Gasteiger partial charge in [-0.2, -0.15) is 0 Å². The highest BCUT2D eigenvalue weighted by Crippen LogP contribution is 2.19. The van der Waals surface area contributed by atoms with Crippen LogP contribution in [-0.2, 0) is 17.7 Å². The van der Waals surface area contributed by atoms with Crippen molar-refractivity contribution in [1.82, 2.24) is 5.32 Å². The van der Waals surface area contributed by atoms with Crippen molar-refractivity contribution in [1.29, 1.82) is 0 Å². The minimum absolute atomic E-state index is 0.781. The van der Waals surface area contributed by atoms with Crippen molar-refractivity contribution in [2.45, 2.75) is 45.2 Å². The molecule has 0 amide bonds. The lowest BCUT2D eigenvalue weighted by Gasteiger charge is -2.13. The fourth-order valence-corrected chi connectivity index (χ4v) is 2.33. The highest BCUT2D eigenvalue weighted by atomic mass is 16.5. The summed E-state index contributed by atoms with van der Waals surface area (Å²) in [6, 6.07) is 5.47. The van der Waals surface area contributed by atoms with E-state index in [9.17, 15) is 0 Å². The molecule has 0 atom stereocenters. The number of rotatable bonds is 7. The largest absolute Gasteiger partial charge is 0.385 e. The molecule has 1 aliphatic carbocycles. The van der Waals surface area contributed by atoms with Crippen molar-refractivity contribution < 1.29 is 4.74 Å². The second kappa shape index (κ2) is 6.39. The lowest BCUT2D eigenvalue weighted by Crippen LogP contribution is -2.19. The molecule has 2 nitrogen and oxygen atoms in total. The highest BCUT2D eigenvalue weighted by Gasteiger charge is 2.20. The van der Waals surface area contributed by atoms with Crippen LogP contribution < -0.4 is 10.8 Å². The van der Waals surface area contributed by atoms with Gasteiger partial charge in [-0.05, 0) is 43.7 Å². The summed E-state index contributed by atoms with van der Waals surface area (Å²) in [5.74, 6) is 0. The molecule has 0 bridgehead atoms. The lowest BCUT2D eigenvalue weighted by molar-refractivity contribution is 0.195. The Morgan fingerprint density at radius 2 is 2.17 bits per heavy atom. The van der Waals surface area contributed by atoms with E-state index in [0.29, 0.717) is 0 Å². The molecule has 1 aliphatic rings. The molecule has 98 valence electrons. The molecule has 1 N–H and O–H groups in total. The average Bonchev–Trinajstić information content (AvgIpc) is 3.16. The third-order valence-electron chi connectivity index (χ3n) is 3.80. The molecular formula is C15H24BNO. The molecule has 1 saturated carbocycles. The van der Waals surface area contributed by atoms with Gasteiger partial charge in [0.1, 0.15) is 7.85 Å². The number of nitrogens with one attached hydrogen (secondary N) is 1. The summed E-state index contributed by atoms with van der Waals surface area (Å²) in [7, 11) is 3.99. The van der Waals surface area contributed by atoms with Crippen molar-refractivity contribution in [3.05, 3.63) is 28.8 Å². The van der Waals surface area contributed by atoms with Gasteiger partial charge in [0.2, 0.25) is 0 Å². The second-order valence-electron chi connectivity index (χ2n) is 5.45.